The van der Waals surface area contributed by atoms with Crippen molar-refractivity contribution in [2.24, 2.45) is 5.92 Å². The summed E-state index contributed by atoms with van der Waals surface area (Å²) in [4.78, 5) is 1.19. The van der Waals surface area contributed by atoms with E-state index in [1.54, 1.807) is 0 Å². The Hall–Kier alpha value is -0.180. The van der Waals surface area contributed by atoms with Crippen LogP contribution in [0.3, 0.4) is 0 Å². The van der Waals surface area contributed by atoms with E-state index in [0.717, 1.165) is 16.7 Å². The molecule has 1 aromatic carbocycles. The van der Waals surface area contributed by atoms with Gasteiger partial charge in [0.15, 0.2) is 0 Å². The fourth-order valence-electron chi connectivity index (χ4n) is 2.41. The van der Waals surface area contributed by atoms with Gasteiger partial charge in [0.25, 0.3) is 0 Å². The second kappa shape index (κ2) is 10.5. The van der Waals surface area contributed by atoms with Gasteiger partial charge in [0.1, 0.15) is 0 Å². The minimum absolute atomic E-state index is 0.568. The molecule has 0 aliphatic carbocycles. The first-order valence-electron chi connectivity index (χ1n) is 7.75. The van der Waals surface area contributed by atoms with Crippen LogP contribution < -0.4 is 5.32 Å². The zero-order valence-corrected chi connectivity index (χ0v) is 14.6. The first-order valence-corrected chi connectivity index (χ1v) is 9.12. The fourth-order valence-corrected chi connectivity index (χ4v) is 3.77. The van der Waals surface area contributed by atoms with Gasteiger partial charge in [0.05, 0.1) is 5.02 Å². The minimum atomic E-state index is 0.568. The molecule has 0 bridgehead atoms. The predicted molar refractivity (Wildman–Crippen MR) is 92.9 cm³/mol. The maximum atomic E-state index is 6.21. The van der Waals surface area contributed by atoms with E-state index in [9.17, 15) is 0 Å². The summed E-state index contributed by atoms with van der Waals surface area (Å²) in [5.41, 5.74) is 0. The van der Waals surface area contributed by atoms with Crippen molar-refractivity contribution in [1.82, 2.24) is 5.32 Å². The average molecular weight is 314 g/mol. The van der Waals surface area contributed by atoms with E-state index in [0.29, 0.717) is 6.04 Å². The van der Waals surface area contributed by atoms with Gasteiger partial charge in [-0.15, -0.1) is 11.8 Å². The molecule has 0 aliphatic heterocycles. The van der Waals surface area contributed by atoms with E-state index in [-0.39, 0.29) is 0 Å². The van der Waals surface area contributed by atoms with Crippen LogP contribution in [-0.4, -0.2) is 18.8 Å². The number of thioether (sulfide) groups is 1. The minimum Gasteiger partial charge on any atom is -0.316 e. The second-order valence-corrected chi connectivity index (χ2v) is 6.85. The molecule has 3 heteroatoms. The molecule has 1 aromatic rings. The molecule has 0 aromatic heterocycles. The third-order valence-corrected chi connectivity index (χ3v) is 5.52. The largest absolute Gasteiger partial charge is 0.316 e. The lowest BCUT2D eigenvalue weighted by atomic mass is 9.93. The summed E-state index contributed by atoms with van der Waals surface area (Å²) in [5.74, 6) is 1.93. The number of benzene rings is 1. The first-order chi connectivity index (χ1) is 9.71. The Morgan fingerprint density at radius 1 is 1.25 bits per heavy atom. The summed E-state index contributed by atoms with van der Waals surface area (Å²) in [6.45, 7) is 4.59. The highest BCUT2D eigenvalue weighted by Crippen LogP contribution is 2.28. The van der Waals surface area contributed by atoms with Crippen LogP contribution in [0.15, 0.2) is 29.2 Å². The zero-order chi connectivity index (χ0) is 14.8. The number of unbranched alkanes of at least 4 members (excludes halogenated alkanes) is 1. The van der Waals surface area contributed by atoms with Gasteiger partial charge in [-0.05, 0) is 31.5 Å². The number of hydrogen-bond acceptors (Lipinski definition) is 2. The van der Waals surface area contributed by atoms with Gasteiger partial charge < -0.3 is 5.32 Å². The van der Waals surface area contributed by atoms with Crippen molar-refractivity contribution >= 4 is 23.4 Å². The summed E-state index contributed by atoms with van der Waals surface area (Å²) in [6.07, 6.45) is 6.57. The lowest BCUT2D eigenvalue weighted by molar-refractivity contribution is 0.375. The van der Waals surface area contributed by atoms with Crippen molar-refractivity contribution in [3.63, 3.8) is 0 Å². The molecule has 0 spiro atoms. The van der Waals surface area contributed by atoms with Crippen LogP contribution in [0.5, 0.6) is 0 Å². The quantitative estimate of drug-likeness (QED) is 0.562. The number of rotatable bonds is 10. The Morgan fingerprint density at radius 3 is 2.60 bits per heavy atom. The van der Waals surface area contributed by atoms with Crippen LogP contribution in [0.4, 0.5) is 0 Å². The summed E-state index contributed by atoms with van der Waals surface area (Å²) in [7, 11) is 2.07. The van der Waals surface area contributed by atoms with Crippen molar-refractivity contribution in [3.8, 4) is 0 Å². The molecule has 1 rings (SSSR count). The molecule has 0 saturated carbocycles. The Kier molecular flexibility index (Phi) is 9.41. The SMILES string of the molecule is CCCCC(CC)CC(CSc1ccccc1Cl)NC. The number of halogens is 1. The van der Waals surface area contributed by atoms with Crippen molar-refractivity contribution < 1.29 is 0 Å². The van der Waals surface area contributed by atoms with Crippen LogP contribution in [-0.2, 0) is 0 Å². The molecule has 0 saturated heterocycles. The second-order valence-electron chi connectivity index (χ2n) is 5.38. The normalized spacial score (nSPS) is 14.2. The molecule has 2 unspecified atom stereocenters. The predicted octanol–water partition coefficient (Wildman–Crippen LogP) is 5.63. The van der Waals surface area contributed by atoms with E-state index in [4.69, 9.17) is 11.6 Å². The Bertz CT molecular complexity index is 370. The van der Waals surface area contributed by atoms with Gasteiger partial charge in [-0.25, -0.2) is 0 Å². The molecule has 1 nitrogen and oxygen atoms in total. The molecule has 0 heterocycles. The first kappa shape index (κ1) is 17.9. The summed E-state index contributed by atoms with van der Waals surface area (Å²) in [6, 6.07) is 8.68. The lowest BCUT2D eigenvalue weighted by Crippen LogP contribution is -2.30. The Labute approximate surface area is 133 Å². The van der Waals surface area contributed by atoms with Gasteiger partial charge in [-0.2, -0.15) is 0 Å². The van der Waals surface area contributed by atoms with E-state index < -0.39 is 0 Å². The summed E-state index contributed by atoms with van der Waals surface area (Å²) >= 11 is 8.07. The average Bonchev–Trinajstić information content (AvgIpc) is 2.48. The van der Waals surface area contributed by atoms with Gasteiger partial charge in [-0.1, -0.05) is 63.3 Å². The molecule has 0 aliphatic rings. The van der Waals surface area contributed by atoms with Gasteiger partial charge in [0.2, 0.25) is 0 Å². The van der Waals surface area contributed by atoms with Crippen LogP contribution in [0.2, 0.25) is 5.02 Å². The van der Waals surface area contributed by atoms with E-state index >= 15 is 0 Å². The Morgan fingerprint density at radius 2 is 2.00 bits per heavy atom. The molecule has 2 atom stereocenters. The lowest BCUT2D eigenvalue weighted by Gasteiger charge is -2.22. The van der Waals surface area contributed by atoms with Crippen molar-refractivity contribution in [1.29, 1.82) is 0 Å². The number of nitrogens with one attached hydrogen (secondary N) is 1. The molecule has 1 N–H and O–H groups in total. The highest BCUT2D eigenvalue weighted by molar-refractivity contribution is 7.99. The maximum absolute atomic E-state index is 6.21. The zero-order valence-electron chi connectivity index (χ0n) is 13.0. The molecule has 20 heavy (non-hydrogen) atoms. The monoisotopic (exact) mass is 313 g/mol. The molecule has 0 radical (unpaired) electrons. The van der Waals surface area contributed by atoms with Crippen LogP contribution in [0.1, 0.15) is 46.0 Å². The van der Waals surface area contributed by atoms with E-state index in [1.807, 2.05) is 23.9 Å². The maximum Gasteiger partial charge on any atom is 0.0541 e. The summed E-state index contributed by atoms with van der Waals surface area (Å²) in [5, 5.41) is 4.34. The van der Waals surface area contributed by atoms with Gasteiger partial charge in [0, 0.05) is 16.7 Å². The van der Waals surface area contributed by atoms with Crippen LogP contribution in [0.25, 0.3) is 0 Å². The highest BCUT2D eigenvalue weighted by atomic mass is 35.5. The molecule has 114 valence electrons. The molecular formula is C17H28ClNS. The van der Waals surface area contributed by atoms with E-state index in [1.165, 1.54) is 37.0 Å². The molecule has 0 amide bonds. The molecule has 0 fully saturated rings. The molecular weight excluding hydrogens is 286 g/mol. The van der Waals surface area contributed by atoms with Gasteiger partial charge >= 0.3 is 0 Å². The van der Waals surface area contributed by atoms with Crippen molar-refractivity contribution in [2.45, 2.75) is 56.9 Å². The highest BCUT2D eigenvalue weighted by Gasteiger charge is 2.14. The fraction of sp³-hybridized carbons (Fsp3) is 0.647. The number of hydrogen-bond donors (Lipinski definition) is 1. The topological polar surface area (TPSA) is 12.0 Å². The van der Waals surface area contributed by atoms with Crippen LogP contribution >= 0.6 is 23.4 Å². The van der Waals surface area contributed by atoms with Crippen molar-refractivity contribution in [2.75, 3.05) is 12.8 Å². The summed E-state index contributed by atoms with van der Waals surface area (Å²) < 4.78 is 0. The third-order valence-electron chi connectivity index (χ3n) is 3.85. The van der Waals surface area contributed by atoms with Crippen molar-refractivity contribution in [3.05, 3.63) is 29.3 Å². The van der Waals surface area contributed by atoms with Crippen LogP contribution in [0, 0.1) is 5.92 Å². The smallest absolute Gasteiger partial charge is 0.0541 e. The third kappa shape index (κ3) is 6.51. The van der Waals surface area contributed by atoms with Gasteiger partial charge in [-0.3, -0.25) is 0 Å². The standard InChI is InChI=1S/C17H28ClNS/c1-4-6-9-14(5-2)12-15(19-3)13-20-17-11-8-7-10-16(17)18/h7-8,10-11,14-15,19H,4-6,9,12-13H2,1-3H3. The van der Waals surface area contributed by atoms with E-state index in [2.05, 4.69) is 38.3 Å². The Balaban J connectivity index is 2.44.